The summed E-state index contributed by atoms with van der Waals surface area (Å²) in [7, 11) is 1.72. The third-order valence-corrected chi connectivity index (χ3v) is 6.10. The first-order chi connectivity index (χ1) is 14.3. The Labute approximate surface area is 171 Å². The molecular formula is C21H29N5O3. The Morgan fingerprint density at radius 1 is 1.14 bits per heavy atom. The summed E-state index contributed by atoms with van der Waals surface area (Å²) in [5.74, 6) is 5.15. The van der Waals surface area contributed by atoms with Gasteiger partial charge in [-0.2, -0.15) is 0 Å². The zero-order valence-corrected chi connectivity index (χ0v) is 17.0. The first-order valence-corrected chi connectivity index (χ1v) is 10.6. The van der Waals surface area contributed by atoms with Crippen molar-refractivity contribution < 1.29 is 14.2 Å². The number of nitrogens with zero attached hydrogens (tertiary/aromatic N) is 4. The normalized spacial score (nSPS) is 22.0. The minimum atomic E-state index is 0.423. The molecule has 29 heavy (non-hydrogen) atoms. The van der Waals surface area contributed by atoms with Gasteiger partial charge >= 0.3 is 0 Å². The van der Waals surface area contributed by atoms with E-state index in [9.17, 15) is 0 Å². The standard InChI is InChI=1S/C21H29N5O3/c1-27-17-12-19-18(28-9-10-29-19)11-16(17)14-25-7-2-3-15(13-25)21-24-23-20-4-5-22-6-8-26(20)21/h11-12,15,22H,2-10,13-14H2,1H3/t15-/m1/s1. The maximum absolute atomic E-state index is 5.78. The number of methoxy groups -OCH3 is 1. The van der Waals surface area contributed by atoms with Crippen LogP contribution < -0.4 is 19.5 Å². The SMILES string of the molecule is COc1cc2c(cc1CN1CCC[C@@H](c3nnc4n3CCNCC4)C1)OCCO2. The predicted octanol–water partition coefficient (Wildman–Crippen LogP) is 1.58. The molecule has 1 aromatic heterocycles. The number of piperidine rings is 1. The number of hydrogen-bond acceptors (Lipinski definition) is 7. The van der Waals surface area contributed by atoms with Crippen LogP contribution in [-0.2, 0) is 19.5 Å². The third-order valence-electron chi connectivity index (χ3n) is 6.10. The minimum absolute atomic E-state index is 0.423. The highest BCUT2D eigenvalue weighted by Crippen LogP contribution is 2.38. The van der Waals surface area contributed by atoms with Gasteiger partial charge in [0.2, 0.25) is 0 Å². The van der Waals surface area contributed by atoms with Crippen LogP contribution in [0.5, 0.6) is 17.2 Å². The Bertz CT molecular complexity index is 868. The lowest BCUT2D eigenvalue weighted by atomic mass is 9.96. The van der Waals surface area contributed by atoms with Crippen LogP contribution in [0.1, 0.15) is 36.0 Å². The van der Waals surface area contributed by atoms with Crippen LogP contribution in [0.15, 0.2) is 12.1 Å². The summed E-state index contributed by atoms with van der Waals surface area (Å²) in [5.41, 5.74) is 1.14. The van der Waals surface area contributed by atoms with Crippen molar-refractivity contribution in [3.05, 3.63) is 29.3 Å². The average Bonchev–Trinajstić information content (AvgIpc) is 3.01. The van der Waals surface area contributed by atoms with Crippen molar-refractivity contribution in [3.8, 4) is 17.2 Å². The fraction of sp³-hybridized carbons (Fsp3) is 0.619. The maximum Gasteiger partial charge on any atom is 0.165 e. The Hall–Kier alpha value is -2.32. The maximum atomic E-state index is 5.78. The van der Waals surface area contributed by atoms with Gasteiger partial charge in [0.05, 0.1) is 7.11 Å². The zero-order chi connectivity index (χ0) is 19.6. The van der Waals surface area contributed by atoms with Crippen molar-refractivity contribution in [1.82, 2.24) is 25.0 Å². The second-order valence-electron chi connectivity index (χ2n) is 8.01. The monoisotopic (exact) mass is 399 g/mol. The van der Waals surface area contributed by atoms with E-state index in [2.05, 4.69) is 31.0 Å². The molecule has 0 aliphatic carbocycles. The molecule has 1 fully saturated rings. The number of fused-ring (bicyclic) bond motifs is 2. The van der Waals surface area contributed by atoms with Gasteiger partial charge in [-0.3, -0.25) is 4.90 Å². The molecule has 3 aliphatic rings. The summed E-state index contributed by atoms with van der Waals surface area (Å²) in [6.07, 6.45) is 3.29. The van der Waals surface area contributed by atoms with E-state index in [1.165, 1.54) is 6.42 Å². The Morgan fingerprint density at radius 3 is 2.86 bits per heavy atom. The summed E-state index contributed by atoms with van der Waals surface area (Å²) in [5, 5.41) is 12.5. The van der Waals surface area contributed by atoms with Gasteiger partial charge in [-0.1, -0.05) is 0 Å². The molecule has 2 aromatic rings. The molecule has 0 amide bonds. The lowest BCUT2D eigenvalue weighted by Gasteiger charge is -2.33. The topological polar surface area (TPSA) is 73.7 Å². The zero-order valence-electron chi connectivity index (χ0n) is 17.0. The van der Waals surface area contributed by atoms with Gasteiger partial charge in [0.1, 0.15) is 30.6 Å². The average molecular weight is 399 g/mol. The molecule has 1 atom stereocenters. The molecule has 156 valence electrons. The van der Waals surface area contributed by atoms with Gasteiger partial charge < -0.3 is 24.1 Å². The van der Waals surface area contributed by atoms with E-state index in [4.69, 9.17) is 14.2 Å². The molecule has 8 nitrogen and oxygen atoms in total. The number of rotatable bonds is 4. The Morgan fingerprint density at radius 2 is 2.00 bits per heavy atom. The van der Waals surface area contributed by atoms with Crippen LogP contribution >= 0.6 is 0 Å². The van der Waals surface area contributed by atoms with Gasteiger partial charge in [-0.25, -0.2) is 0 Å². The molecule has 0 saturated carbocycles. The van der Waals surface area contributed by atoms with E-state index in [1.807, 2.05) is 6.07 Å². The molecule has 0 bridgehead atoms. The van der Waals surface area contributed by atoms with Crippen molar-refractivity contribution in [2.75, 3.05) is 46.5 Å². The first kappa shape index (κ1) is 18.7. The van der Waals surface area contributed by atoms with E-state index in [1.54, 1.807) is 7.11 Å². The fourth-order valence-electron chi connectivity index (χ4n) is 4.67. The van der Waals surface area contributed by atoms with E-state index < -0.39 is 0 Å². The number of ether oxygens (including phenoxy) is 3. The summed E-state index contributed by atoms with van der Waals surface area (Å²) < 4.78 is 19.5. The first-order valence-electron chi connectivity index (χ1n) is 10.6. The molecule has 4 heterocycles. The molecule has 5 rings (SSSR count). The molecule has 0 spiro atoms. The van der Waals surface area contributed by atoms with Gasteiger partial charge in [-0.15, -0.1) is 10.2 Å². The number of nitrogens with one attached hydrogen (secondary N) is 1. The van der Waals surface area contributed by atoms with Crippen LogP contribution in [0.25, 0.3) is 0 Å². The van der Waals surface area contributed by atoms with Gasteiger partial charge in [0.25, 0.3) is 0 Å². The molecule has 1 saturated heterocycles. The highest BCUT2D eigenvalue weighted by Gasteiger charge is 2.28. The number of likely N-dealkylation sites (tertiary alicyclic amines) is 1. The lowest BCUT2D eigenvalue weighted by Crippen LogP contribution is -2.35. The Balaban J connectivity index is 1.34. The highest BCUT2D eigenvalue weighted by atomic mass is 16.6. The second-order valence-corrected chi connectivity index (χ2v) is 8.01. The van der Waals surface area contributed by atoms with Crippen molar-refractivity contribution >= 4 is 0 Å². The number of aromatic nitrogens is 3. The van der Waals surface area contributed by atoms with E-state index in [0.717, 1.165) is 86.6 Å². The smallest absolute Gasteiger partial charge is 0.165 e. The van der Waals surface area contributed by atoms with Crippen molar-refractivity contribution in [1.29, 1.82) is 0 Å². The van der Waals surface area contributed by atoms with Gasteiger partial charge in [-0.05, 0) is 25.5 Å². The summed E-state index contributed by atoms with van der Waals surface area (Å²) in [4.78, 5) is 2.50. The van der Waals surface area contributed by atoms with Gasteiger partial charge in [0, 0.05) is 56.7 Å². The molecule has 0 radical (unpaired) electrons. The van der Waals surface area contributed by atoms with E-state index in [0.29, 0.717) is 19.1 Å². The Kier molecular flexibility index (Phi) is 5.28. The second kappa shape index (κ2) is 8.20. The molecule has 0 unspecified atom stereocenters. The van der Waals surface area contributed by atoms with E-state index >= 15 is 0 Å². The van der Waals surface area contributed by atoms with Crippen LogP contribution in [0, 0.1) is 0 Å². The lowest BCUT2D eigenvalue weighted by molar-refractivity contribution is 0.168. The van der Waals surface area contributed by atoms with E-state index in [-0.39, 0.29) is 0 Å². The predicted molar refractivity (Wildman–Crippen MR) is 108 cm³/mol. The number of hydrogen-bond donors (Lipinski definition) is 1. The summed E-state index contributed by atoms with van der Waals surface area (Å²) in [6.45, 7) is 7.02. The highest BCUT2D eigenvalue weighted by molar-refractivity contribution is 5.51. The van der Waals surface area contributed by atoms with Crippen molar-refractivity contribution in [2.45, 2.75) is 38.3 Å². The molecule has 8 heteroatoms. The molecule has 1 aromatic carbocycles. The quantitative estimate of drug-likeness (QED) is 0.837. The minimum Gasteiger partial charge on any atom is -0.496 e. The largest absolute Gasteiger partial charge is 0.496 e. The van der Waals surface area contributed by atoms with Crippen molar-refractivity contribution in [2.24, 2.45) is 0 Å². The fourth-order valence-corrected chi connectivity index (χ4v) is 4.67. The third kappa shape index (κ3) is 3.79. The number of benzene rings is 1. The van der Waals surface area contributed by atoms with Crippen LogP contribution in [0.2, 0.25) is 0 Å². The van der Waals surface area contributed by atoms with Crippen LogP contribution in [0.3, 0.4) is 0 Å². The van der Waals surface area contributed by atoms with Crippen molar-refractivity contribution in [3.63, 3.8) is 0 Å². The van der Waals surface area contributed by atoms with Gasteiger partial charge in [0.15, 0.2) is 11.5 Å². The van der Waals surface area contributed by atoms with Crippen LogP contribution in [-0.4, -0.2) is 66.2 Å². The molecule has 1 N–H and O–H groups in total. The summed E-state index contributed by atoms with van der Waals surface area (Å²) in [6, 6.07) is 4.03. The molecular weight excluding hydrogens is 370 g/mol. The summed E-state index contributed by atoms with van der Waals surface area (Å²) >= 11 is 0. The molecule has 3 aliphatic heterocycles. The van der Waals surface area contributed by atoms with Crippen LogP contribution in [0.4, 0.5) is 0 Å².